The van der Waals surface area contributed by atoms with Crippen LogP contribution in [0.15, 0.2) is 18.2 Å². The molecule has 7 nitrogen and oxygen atoms in total. The number of nitrogens with zero attached hydrogens (tertiary/aromatic N) is 2. The predicted octanol–water partition coefficient (Wildman–Crippen LogP) is 1.37. The molecule has 2 bridgehead atoms. The van der Waals surface area contributed by atoms with Gasteiger partial charge in [0.05, 0.1) is 11.0 Å². The van der Waals surface area contributed by atoms with Gasteiger partial charge in [0.15, 0.2) is 0 Å². The van der Waals surface area contributed by atoms with Crippen molar-refractivity contribution in [3.05, 3.63) is 33.9 Å². The number of hydrazine groups is 1. The van der Waals surface area contributed by atoms with Gasteiger partial charge in [-0.1, -0.05) is 6.07 Å². The van der Waals surface area contributed by atoms with Crippen LogP contribution in [0.2, 0.25) is 0 Å². The summed E-state index contributed by atoms with van der Waals surface area (Å²) in [5.41, 5.74) is 3.59. The van der Waals surface area contributed by atoms with E-state index in [1.807, 2.05) is 6.07 Å². The summed E-state index contributed by atoms with van der Waals surface area (Å²) in [6.07, 6.45) is 3.62. The maximum Gasteiger partial charge on any atom is 0.293 e. The van der Waals surface area contributed by atoms with Crippen LogP contribution in [0, 0.1) is 10.1 Å². The minimum Gasteiger partial charge on any atom is -0.393 e. The number of aliphatic hydroxyl groups is 1. The van der Waals surface area contributed by atoms with Gasteiger partial charge in [0.2, 0.25) is 0 Å². The number of benzene rings is 1. The number of nitrogen functional groups attached to an aromatic ring is 1. The van der Waals surface area contributed by atoms with E-state index in [-0.39, 0.29) is 11.8 Å². The number of aliphatic hydroxyl groups excluding tert-OH is 1. The molecule has 2 unspecified atom stereocenters. The summed E-state index contributed by atoms with van der Waals surface area (Å²) in [6.45, 7) is 0.688. The Morgan fingerprint density at radius 1 is 1.38 bits per heavy atom. The van der Waals surface area contributed by atoms with Crippen LogP contribution in [0.1, 0.15) is 31.2 Å². The quantitative estimate of drug-likeness (QED) is 0.440. The van der Waals surface area contributed by atoms with E-state index in [1.165, 1.54) is 0 Å². The highest BCUT2D eigenvalue weighted by atomic mass is 16.6. The number of nitro groups is 1. The molecule has 2 aliphatic rings. The van der Waals surface area contributed by atoms with Gasteiger partial charge in [0.1, 0.15) is 5.69 Å². The van der Waals surface area contributed by atoms with Crippen molar-refractivity contribution in [1.29, 1.82) is 0 Å². The molecule has 114 valence electrons. The molecule has 4 N–H and O–H groups in total. The lowest BCUT2D eigenvalue weighted by Gasteiger charge is -2.37. The fraction of sp³-hybridized carbons (Fsp3) is 0.571. The van der Waals surface area contributed by atoms with E-state index in [4.69, 9.17) is 5.84 Å². The number of fused-ring (bicyclic) bond motifs is 2. The van der Waals surface area contributed by atoms with E-state index in [1.54, 1.807) is 12.1 Å². The Hall–Kier alpha value is -1.70. The van der Waals surface area contributed by atoms with Crippen molar-refractivity contribution in [2.24, 2.45) is 5.84 Å². The number of rotatable bonds is 4. The highest BCUT2D eigenvalue weighted by molar-refractivity contribution is 5.61. The van der Waals surface area contributed by atoms with Gasteiger partial charge in [0.25, 0.3) is 5.69 Å². The van der Waals surface area contributed by atoms with Crippen molar-refractivity contribution < 1.29 is 10.0 Å². The molecule has 0 amide bonds. The number of hydrogen-bond acceptors (Lipinski definition) is 6. The molecule has 0 spiro atoms. The Labute approximate surface area is 122 Å². The van der Waals surface area contributed by atoms with Crippen LogP contribution in [-0.4, -0.2) is 33.1 Å². The molecular formula is C14H20N4O3. The second kappa shape index (κ2) is 5.59. The van der Waals surface area contributed by atoms with E-state index in [2.05, 4.69) is 10.3 Å². The van der Waals surface area contributed by atoms with Crippen LogP contribution >= 0.6 is 0 Å². The van der Waals surface area contributed by atoms with Crippen molar-refractivity contribution in [3.63, 3.8) is 0 Å². The molecule has 2 saturated heterocycles. The average Bonchev–Trinajstić information content (AvgIpc) is 2.70. The molecular weight excluding hydrogens is 272 g/mol. The average molecular weight is 292 g/mol. The first kappa shape index (κ1) is 14.2. The maximum absolute atomic E-state index is 11.1. The van der Waals surface area contributed by atoms with Gasteiger partial charge in [-0.05, 0) is 37.3 Å². The largest absolute Gasteiger partial charge is 0.393 e. The van der Waals surface area contributed by atoms with Crippen LogP contribution in [0.3, 0.4) is 0 Å². The maximum atomic E-state index is 11.1. The summed E-state index contributed by atoms with van der Waals surface area (Å²) in [5, 5.41) is 20.9. The van der Waals surface area contributed by atoms with Crippen LogP contribution in [0.5, 0.6) is 0 Å². The Bertz CT molecular complexity index is 537. The zero-order chi connectivity index (χ0) is 15.0. The molecule has 0 radical (unpaired) electrons. The van der Waals surface area contributed by atoms with Crippen molar-refractivity contribution in [3.8, 4) is 0 Å². The van der Waals surface area contributed by atoms with E-state index >= 15 is 0 Å². The van der Waals surface area contributed by atoms with Crippen LogP contribution < -0.4 is 11.3 Å². The summed E-state index contributed by atoms with van der Waals surface area (Å²) >= 11 is 0. The van der Waals surface area contributed by atoms with Gasteiger partial charge < -0.3 is 10.5 Å². The van der Waals surface area contributed by atoms with Crippen molar-refractivity contribution in [2.75, 3.05) is 5.43 Å². The van der Waals surface area contributed by atoms with Crippen molar-refractivity contribution in [2.45, 2.75) is 50.4 Å². The van der Waals surface area contributed by atoms with Gasteiger partial charge in [-0.15, -0.1) is 0 Å². The third-order valence-electron chi connectivity index (χ3n) is 4.64. The second-order valence-electron chi connectivity index (χ2n) is 5.94. The molecule has 1 aromatic carbocycles. The van der Waals surface area contributed by atoms with E-state index < -0.39 is 4.92 Å². The molecule has 2 aliphatic heterocycles. The van der Waals surface area contributed by atoms with E-state index in [9.17, 15) is 15.2 Å². The molecule has 7 heteroatoms. The minimum atomic E-state index is -0.423. The summed E-state index contributed by atoms with van der Waals surface area (Å²) < 4.78 is 0. The number of nitrogens with one attached hydrogen (secondary N) is 1. The lowest BCUT2D eigenvalue weighted by Crippen LogP contribution is -2.44. The number of anilines is 1. The highest BCUT2D eigenvalue weighted by Gasteiger charge is 2.39. The van der Waals surface area contributed by atoms with Crippen molar-refractivity contribution >= 4 is 11.4 Å². The molecule has 0 saturated carbocycles. The highest BCUT2D eigenvalue weighted by Crippen LogP contribution is 2.37. The minimum absolute atomic E-state index is 0.000564. The fourth-order valence-electron chi connectivity index (χ4n) is 3.66. The molecule has 2 atom stereocenters. The summed E-state index contributed by atoms with van der Waals surface area (Å²) in [7, 11) is 0. The first-order chi connectivity index (χ1) is 10.1. The standard InChI is InChI=1S/C14H20N4O3/c15-16-13-4-1-9(5-14(13)18(20)21)8-17-10-2-3-11(17)7-12(19)6-10/h1,4-5,10-12,16,19H,2-3,6-8,15H2. The first-order valence-corrected chi connectivity index (χ1v) is 7.26. The first-order valence-electron chi connectivity index (χ1n) is 7.26. The molecule has 21 heavy (non-hydrogen) atoms. The predicted molar refractivity (Wildman–Crippen MR) is 78.5 cm³/mol. The van der Waals surface area contributed by atoms with Crippen molar-refractivity contribution in [1.82, 2.24) is 4.90 Å². The molecule has 2 fully saturated rings. The van der Waals surface area contributed by atoms with Gasteiger partial charge in [0, 0.05) is 24.7 Å². The SMILES string of the molecule is NNc1ccc(CN2C3CCC2CC(O)C3)cc1[N+](=O)[O-]. The Balaban J connectivity index is 1.79. The number of piperidine rings is 1. The Morgan fingerprint density at radius 3 is 2.62 bits per heavy atom. The second-order valence-corrected chi connectivity index (χ2v) is 5.94. The summed E-state index contributed by atoms with van der Waals surface area (Å²) in [4.78, 5) is 13.0. The van der Waals surface area contributed by atoms with Gasteiger partial charge in [-0.2, -0.15) is 0 Å². The van der Waals surface area contributed by atoms with Crippen LogP contribution in [0.25, 0.3) is 0 Å². The number of hydrogen-bond donors (Lipinski definition) is 3. The smallest absolute Gasteiger partial charge is 0.293 e. The molecule has 0 aliphatic carbocycles. The molecule has 2 heterocycles. The third-order valence-corrected chi connectivity index (χ3v) is 4.64. The summed E-state index contributed by atoms with van der Waals surface area (Å²) in [5.74, 6) is 5.30. The molecule has 0 aromatic heterocycles. The van der Waals surface area contributed by atoms with Crippen LogP contribution in [-0.2, 0) is 6.54 Å². The fourth-order valence-corrected chi connectivity index (χ4v) is 3.66. The van der Waals surface area contributed by atoms with Gasteiger partial charge in [-0.3, -0.25) is 20.9 Å². The zero-order valence-electron chi connectivity index (χ0n) is 11.7. The topological polar surface area (TPSA) is 105 Å². The van der Waals surface area contributed by atoms with E-state index in [0.717, 1.165) is 31.2 Å². The van der Waals surface area contributed by atoms with Gasteiger partial charge >= 0.3 is 0 Å². The van der Waals surface area contributed by atoms with Crippen LogP contribution in [0.4, 0.5) is 11.4 Å². The third kappa shape index (κ3) is 2.72. The van der Waals surface area contributed by atoms with E-state index in [0.29, 0.717) is 24.3 Å². The Morgan fingerprint density at radius 2 is 2.05 bits per heavy atom. The number of nitrogens with two attached hydrogens (primary N) is 1. The Kier molecular flexibility index (Phi) is 3.79. The lowest BCUT2D eigenvalue weighted by molar-refractivity contribution is -0.384. The van der Waals surface area contributed by atoms with Gasteiger partial charge in [-0.25, -0.2) is 0 Å². The molecule has 3 rings (SSSR count). The zero-order valence-corrected chi connectivity index (χ0v) is 11.7. The lowest BCUT2D eigenvalue weighted by atomic mass is 9.99. The normalized spacial score (nSPS) is 28.6. The monoisotopic (exact) mass is 292 g/mol. The molecule has 1 aromatic rings. The summed E-state index contributed by atoms with van der Waals surface area (Å²) in [6, 6.07) is 5.88. The number of nitro benzene ring substituents is 1.